The van der Waals surface area contributed by atoms with Gasteiger partial charge >= 0.3 is 0 Å². The second-order valence-electron chi connectivity index (χ2n) is 4.91. The van der Waals surface area contributed by atoms with Crippen LogP contribution in [0.1, 0.15) is 39.0 Å². The van der Waals surface area contributed by atoms with Gasteiger partial charge in [-0.2, -0.15) is 0 Å². The van der Waals surface area contributed by atoms with Crippen LogP contribution < -0.4 is 5.32 Å². The fourth-order valence-electron chi connectivity index (χ4n) is 2.51. The van der Waals surface area contributed by atoms with Gasteiger partial charge in [-0.25, -0.2) is 0 Å². The molecule has 0 heterocycles. The van der Waals surface area contributed by atoms with Gasteiger partial charge in [0.05, 0.1) is 12.7 Å². The van der Waals surface area contributed by atoms with Crippen molar-refractivity contribution >= 4 is 0 Å². The van der Waals surface area contributed by atoms with Crippen LogP contribution in [-0.2, 0) is 9.47 Å². The van der Waals surface area contributed by atoms with Crippen LogP contribution in [0.5, 0.6) is 0 Å². The van der Waals surface area contributed by atoms with Crippen LogP contribution in [0.15, 0.2) is 0 Å². The topological polar surface area (TPSA) is 30.5 Å². The van der Waals surface area contributed by atoms with Crippen molar-refractivity contribution in [2.75, 3.05) is 27.4 Å². The molecule has 2 atom stereocenters. The van der Waals surface area contributed by atoms with E-state index in [1.165, 1.54) is 32.1 Å². The molecule has 0 aromatic rings. The molecule has 1 fully saturated rings. The Bertz CT molecular complexity index is 169. The van der Waals surface area contributed by atoms with Gasteiger partial charge in [0.2, 0.25) is 0 Å². The summed E-state index contributed by atoms with van der Waals surface area (Å²) in [4.78, 5) is 0. The molecule has 16 heavy (non-hydrogen) atoms. The molecule has 3 heteroatoms. The lowest BCUT2D eigenvalue weighted by molar-refractivity contribution is 0.0261. The highest BCUT2D eigenvalue weighted by Crippen LogP contribution is 2.26. The van der Waals surface area contributed by atoms with Crippen LogP contribution in [0.25, 0.3) is 0 Å². The Balaban J connectivity index is 2.19. The lowest BCUT2D eigenvalue weighted by atomic mass is 9.84. The van der Waals surface area contributed by atoms with E-state index >= 15 is 0 Å². The van der Waals surface area contributed by atoms with Crippen LogP contribution in [-0.4, -0.2) is 39.5 Å². The lowest BCUT2D eigenvalue weighted by Gasteiger charge is -2.29. The summed E-state index contributed by atoms with van der Waals surface area (Å²) in [7, 11) is 3.47. The van der Waals surface area contributed by atoms with E-state index in [1.807, 2.05) is 0 Å². The van der Waals surface area contributed by atoms with Crippen molar-refractivity contribution in [3.8, 4) is 0 Å². The molecular weight excluding hydrogens is 202 g/mol. The van der Waals surface area contributed by atoms with Crippen molar-refractivity contribution < 1.29 is 9.47 Å². The summed E-state index contributed by atoms with van der Waals surface area (Å²) in [6.07, 6.45) is 7.18. The maximum Gasteiger partial charge on any atom is 0.0928 e. The second-order valence-corrected chi connectivity index (χ2v) is 4.91. The maximum atomic E-state index is 5.34. The summed E-state index contributed by atoms with van der Waals surface area (Å²) in [5.74, 6) is 0.855. The number of rotatable bonds is 7. The van der Waals surface area contributed by atoms with Crippen LogP contribution >= 0.6 is 0 Å². The first kappa shape index (κ1) is 13.9. The number of hydrogen-bond acceptors (Lipinski definition) is 3. The van der Waals surface area contributed by atoms with Crippen molar-refractivity contribution in [2.24, 2.45) is 5.92 Å². The zero-order valence-electron chi connectivity index (χ0n) is 11.0. The average molecular weight is 229 g/mol. The minimum Gasteiger partial charge on any atom is -0.382 e. The molecule has 0 radical (unpaired) electrons. The monoisotopic (exact) mass is 229 g/mol. The Hall–Kier alpha value is -0.120. The van der Waals surface area contributed by atoms with E-state index in [0.29, 0.717) is 12.6 Å². The van der Waals surface area contributed by atoms with E-state index in [-0.39, 0.29) is 6.10 Å². The first-order valence-electron chi connectivity index (χ1n) is 6.53. The summed E-state index contributed by atoms with van der Waals surface area (Å²) < 4.78 is 10.4. The fourth-order valence-corrected chi connectivity index (χ4v) is 2.51. The zero-order chi connectivity index (χ0) is 11.8. The zero-order valence-corrected chi connectivity index (χ0v) is 11.0. The first-order valence-corrected chi connectivity index (χ1v) is 6.53. The molecule has 0 spiro atoms. The van der Waals surface area contributed by atoms with Crippen molar-refractivity contribution in [1.82, 2.24) is 5.32 Å². The standard InChI is InChI=1S/C13H27NO2/c1-11(12-7-5-4-6-8-12)14-9-13(16-3)10-15-2/h11-14H,4-10H2,1-3H3. The molecular formula is C13H27NO2. The number of hydrogen-bond donors (Lipinski definition) is 1. The van der Waals surface area contributed by atoms with E-state index in [9.17, 15) is 0 Å². The highest BCUT2D eigenvalue weighted by molar-refractivity contribution is 4.77. The van der Waals surface area contributed by atoms with Gasteiger partial charge in [0.15, 0.2) is 0 Å². The third kappa shape index (κ3) is 4.81. The smallest absolute Gasteiger partial charge is 0.0928 e. The molecule has 0 aromatic carbocycles. The molecule has 0 amide bonds. The molecule has 1 aliphatic rings. The maximum absolute atomic E-state index is 5.34. The second kappa shape index (κ2) is 8.04. The quantitative estimate of drug-likeness (QED) is 0.726. The van der Waals surface area contributed by atoms with E-state index in [1.54, 1.807) is 14.2 Å². The van der Waals surface area contributed by atoms with E-state index in [4.69, 9.17) is 9.47 Å². The van der Waals surface area contributed by atoms with Crippen molar-refractivity contribution in [2.45, 2.75) is 51.2 Å². The van der Waals surface area contributed by atoms with Crippen LogP contribution in [0.4, 0.5) is 0 Å². The Morgan fingerprint density at radius 2 is 1.88 bits per heavy atom. The highest BCUT2D eigenvalue weighted by Gasteiger charge is 2.20. The minimum absolute atomic E-state index is 0.177. The molecule has 0 bridgehead atoms. The Kier molecular flexibility index (Phi) is 7.01. The van der Waals surface area contributed by atoms with E-state index < -0.39 is 0 Å². The number of nitrogens with one attached hydrogen (secondary N) is 1. The summed E-state index contributed by atoms with van der Waals surface area (Å²) in [5.41, 5.74) is 0. The third-order valence-corrected chi connectivity index (χ3v) is 3.71. The van der Waals surface area contributed by atoms with Gasteiger partial charge in [0.1, 0.15) is 0 Å². The number of methoxy groups -OCH3 is 2. The van der Waals surface area contributed by atoms with E-state index in [2.05, 4.69) is 12.2 Å². The van der Waals surface area contributed by atoms with Crippen molar-refractivity contribution in [3.05, 3.63) is 0 Å². The Morgan fingerprint density at radius 3 is 2.44 bits per heavy atom. The largest absolute Gasteiger partial charge is 0.382 e. The first-order chi connectivity index (χ1) is 7.77. The Morgan fingerprint density at radius 1 is 1.19 bits per heavy atom. The van der Waals surface area contributed by atoms with Crippen molar-refractivity contribution in [3.63, 3.8) is 0 Å². The molecule has 0 aliphatic heterocycles. The average Bonchev–Trinajstić information content (AvgIpc) is 2.35. The van der Waals surface area contributed by atoms with E-state index in [0.717, 1.165) is 12.5 Å². The predicted octanol–water partition coefficient (Wildman–Crippen LogP) is 2.21. The minimum atomic E-state index is 0.177. The van der Waals surface area contributed by atoms with Gasteiger partial charge in [-0.1, -0.05) is 19.3 Å². The SMILES string of the molecule is COCC(CNC(C)C1CCCCC1)OC. The molecule has 1 rings (SSSR count). The number of ether oxygens (including phenoxy) is 2. The lowest BCUT2D eigenvalue weighted by Crippen LogP contribution is -2.41. The van der Waals surface area contributed by atoms with Crippen molar-refractivity contribution in [1.29, 1.82) is 0 Å². The Labute approximate surface area is 99.9 Å². The molecule has 1 N–H and O–H groups in total. The summed E-state index contributed by atoms with van der Waals surface area (Å²) in [6, 6.07) is 0.606. The van der Waals surface area contributed by atoms with Gasteiger partial charge < -0.3 is 14.8 Å². The molecule has 0 aromatic heterocycles. The predicted molar refractivity (Wildman–Crippen MR) is 66.7 cm³/mol. The molecule has 96 valence electrons. The molecule has 1 saturated carbocycles. The van der Waals surface area contributed by atoms with Gasteiger partial charge in [-0.3, -0.25) is 0 Å². The summed E-state index contributed by atoms with van der Waals surface area (Å²) in [5, 5.41) is 3.58. The normalized spacial score (nSPS) is 21.9. The summed E-state index contributed by atoms with van der Waals surface area (Å²) >= 11 is 0. The van der Waals surface area contributed by atoms with Gasteiger partial charge in [0.25, 0.3) is 0 Å². The molecule has 0 saturated heterocycles. The van der Waals surface area contributed by atoms with Gasteiger partial charge in [-0.15, -0.1) is 0 Å². The summed E-state index contributed by atoms with van der Waals surface area (Å²) in [6.45, 7) is 3.86. The van der Waals surface area contributed by atoms with Crippen LogP contribution in [0.3, 0.4) is 0 Å². The third-order valence-electron chi connectivity index (χ3n) is 3.71. The molecule has 2 unspecified atom stereocenters. The van der Waals surface area contributed by atoms with Gasteiger partial charge in [0, 0.05) is 26.8 Å². The fraction of sp³-hybridized carbons (Fsp3) is 1.00. The van der Waals surface area contributed by atoms with Crippen LogP contribution in [0, 0.1) is 5.92 Å². The molecule has 1 aliphatic carbocycles. The highest BCUT2D eigenvalue weighted by atomic mass is 16.5. The van der Waals surface area contributed by atoms with Crippen LogP contribution in [0.2, 0.25) is 0 Å². The van der Waals surface area contributed by atoms with Gasteiger partial charge in [-0.05, 0) is 25.7 Å². The molecule has 3 nitrogen and oxygen atoms in total.